The van der Waals surface area contributed by atoms with Gasteiger partial charge >= 0.3 is 0 Å². The maximum absolute atomic E-state index is 5.67. The molecule has 1 N–H and O–H groups in total. The lowest BCUT2D eigenvalue weighted by Gasteiger charge is -2.48. The maximum atomic E-state index is 5.67. The summed E-state index contributed by atoms with van der Waals surface area (Å²) in [6.45, 7) is 10.3. The first-order valence-electron chi connectivity index (χ1n) is 6.81. The van der Waals surface area contributed by atoms with E-state index in [1.165, 1.54) is 12.8 Å². The van der Waals surface area contributed by atoms with Gasteiger partial charge in [-0.15, -0.1) is 0 Å². The molecule has 2 nitrogen and oxygen atoms in total. The highest BCUT2D eigenvalue weighted by Gasteiger charge is 2.46. The fourth-order valence-corrected chi connectivity index (χ4v) is 3.17. The lowest BCUT2D eigenvalue weighted by molar-refractivity contribution is 0.0623. The van der Waals surface area contributed by atoms with Crippen LogP contribution in [0, 0.1) is 11.8 Å². The summed E-state index contributed by atoms with van der Waals surface area (Å²) in [5.74, 6) is 1.58. The first-order valence-corrected chi connectivity index (χ1v) is 7.25. The SMILES string of the molecule is CC(C)C1CNC(C)(C2CC2)CN1C/C=C/Cl. The Balaban J connectivity index is 2.03. The van der Waals surface area contributed by atoms with Gasteiger partial charge in [0.1, 0.15) is 0 Å². The van der Waals surface area contributed by atoms with Gasteiger partial charge in [0.15, 0.2) is 0 Å². The van der Waals surface area contributed by atoms with Crippen LogP contribution in [-0.2, 0) is 0 Å². The first-order chi connectivity index (χ1) is 8.07. The van der Waals surface area contributed by atoms with E-state index in [1.807, 2.05) is 0 Å². The molecule has 2 rings (SSSR count). The number of hydrogen-bond acceptors (Lipinski definition) is 2. The Morgan fingerprint density at radius 2 is 2.18 bits per heavy atom. The van der Waals surface area contributed by atoms with Crippen molar-refractivity contribution in [2.45, 2.75) is 45.2 Å². The molecule has 0 spiro atoms. The van der Waals surface area contributed by atoms with E-state index in [0.717, 1.165) is 25.6 Å². The van der Waals surface area contributed by atoms with Crippen LogP contribution in [-0.4, -0.2) is 36.1 Å². The summed E-state index contributed by atoms with van der Waals surface area (Å²) in [6.07, 6.45) is 4.86. The van der Waals surface area contributed by atoms with Crippen LogP contribution < -0.4 is 5.32 Å². The number of piperazine rings is 1. The van der Waals surface area contributed by atoms with Gasteiger partial charge in [-0.3, -0.25) is 4.90 Å². The second-order valence-electron chi connectivity index (χ2n) is 6.18. The predicted molar refractivity (Wildman–Crippen MR) is 74.3 cm³/mol. The van der Waals surface area contributed by atoms with Crippen LogP contribution in [0.25, 0.3) is 0 Å². The molecule has 1 heterocycles. The molecular formula is C14H25ClN2. The Morgan fingerprint density at radius 3 is 2.71 bits per heavy atom. The minimum absolute atomic E-state index is 0.325. The van der Waals surface area contributed by atoms with Gasteiger partial charge in [-0.05, 0) is 31.6 Å². The first kappa shape index (κ1) is 13.4. The Morgan fingerprint density at radius 1 is 1.47 bits per heavy atom. The lowest BCUT2D eigenvalue weighted by Crippen LogP contribution is -2.65. The third kappa shape index (κ3) is 3.04. The van der Waals surface area contributed by atoms with Gasteiger partial charge in [0.2, 0.25) is 0 Å². The topological polar surface area (TPSA) is 15.3 Å². The van der Waals surface area contributed by atoms with Crippen molar-refractivity contribution in [2.75, 3.05) is 19.6 Å². The van der Waals surface area contributed by atoms with E-state index < -0.39 is 0 Å². The van der Waals surface area contributed by atoms with E-state index in [1.54, 1.807) is 5.54 Å². The van der Waals surface area contributed by atoms with Crippen molar-refractivity contribution >= 4 is 11.6 Å². The maximum Gasteiger partial charge on any atom is 0.0309 e. The molecule has 2 unspecified atom stereocenters. The van der Waals surface area contributed by atoms with Crippen molar-refractivity contribution in [3.63, 3.8) is 0 Å². The van der Waals surface area contributed by atoms with Gasteiger partial charge in [0.05, 0.1) is 0 Å². The lowest BCUT2D eigenvalue weighted by atomic mass is 9.88. The standard InChI is InChI=1S/C14H25ClN2/c1-11(2)13-9-16-14(3,12-5-6-12)10-17(13)8-4-7-15/h4,7,11-13,16H,5-6,8-10H2,1-3H3/b7-4+. The second kappa shape index (κ2) is 5.29. The predicted octanol–water partition coefficient (Wildman–Crippen LogP) is 2.84. The van der Waals surface area contributed by atoms with E-state index in [-0.39, 0.29) is 0 Å². The number of nitrogens with zero attached hydrogens (tertiary/aromatic N) is 1. The van der Waals surface area contributed by atoms with Gasteiger partial charge in [0, 0.05) is 36.8 Å². The summed E-state index contributed by atoms with van der Waals surface area (Å²) in [5.41, 5.74) is 1.97. The summed E-state index contributed by atoms with van der Waals surface area (Å²) in [4.78, 5) is 2.60. The minimum Gasteiger partial charge on any atom is -0.308 e. The van der Waals surface area contributed by atoms with Gasteiger partial charge < -0.3 is 5.32 Å². The molecule has 0 radical (unpaired) electrons. The Kier molecular flexibility index (Phi) is 4.17. The number of rotatable bonds is 4. The molecule has 1 saturated heterocycles. The van der Waals surface area contributed by atoms with Crippen LogP contribution in [0.15, 0.2) is 11.6 Å². The molecule has 2 aliphatic rings. The highest BCUT2D eigenvalue weighted by atomic mass is 35.5. The summed E-state index contributed by atoms with van der Waals surface area (Å²) >= 11 is 5.67. The molecule has 0 amide bonds. The van der Waals surface area contributed by atoms with Crippen LogP contribution in [0.2, 0.25) is 0 Å². The molecular weight excluding hydrogens is 232 g/mol. The molecule has 17 heavy (non-hydrogen) atoms. The summed E-state index contributed by atoms with van der Waals surface area (Å²) < 4.78 is 0. The molecule has 1 aliphatic carbocycles. The van der Waals surface area contributed by atoms with Crippen molar-refractivity contribution in [1.82, 2.24) is 10.2 Å². The van der Waals surface area contributed by atoms with Gasteiger partial charge in [-0.2, -0.15) is 0 Å². The molecule has 0 aromatic rings. The largest absolute Gasteiger partial charge is 0.308 e. The fourth-order valence-electron chi connectivity index (χ4n) is 3.09. The molecule has 0 bridgehead atoms. The summed E-state index contributed by atoms with van der Waals surface area (Å²) in [6, 6.07) is 0.634. The van der Waals surface area contributed by atoms with Crippen LogP contribution in [0.4, 0.5) is 0 Å². The third-order valence-corrected chi connectivity index (χ3v) is 4.57. The van der Waals surface area contributed by atoms with Crippen molar-refractivity contribution in [2.24, 2.45) is 11.8 Å². The van der Waals surface area contributed by atoms with Crippen LogP contribution in [0.1, 0.15) is 33.6 Å². The highest BCUT2D eigenvalue weighted by molar-refractivity contribution is 6.25. The van der Waals surface area contributed by atoms with E-state index in [4.69, 9.17) is 11.6 Å². The fraction of sp³-hybridized carbons (Fsp3) is 0.857. The van der Waals surface area contributed by atoms with Crippen molar-refractivity contribution in [3.05, 3.63) is 11.6 Å². The Hall–Kier alpha value is -0.0500. The molecule has 2 atom stereocenters. The molecule has 3 heteroatoms. The average Bonchev–Trinajstić information content (AvgIpc) is 3.10. The number of halogens is 1. The van der Waals surface area contributed by atoms with E-state index in [0.29, 0.717) is 17.5 Å². The van der Waals surface area contributed by atoms with E-state index in [9.17, 15) is 0 Å². The van der Waals surface area contributed by atoms with Crippen molar-refractivity contribution in [1.29, 1.82) is 0 Å². The summed E-state index contributed by atoms with van der Waals surface area (Å²) in [5, 5.41) is 3.80. The number of nitrogens with one attached hydrogen (secondary N) is 1. The second-order valence-corrected chi connectivity index (χ2v) is 6.43. The van der Waals surface area contributed by atoms with Gasteiger partial charge in [-0.25, -0.2) is 0 Å². The zero-order valence-corrected chi connectivity index (χ0v) is 12.0. The Labute approximate surface area is 110 Å². The van der Waals surface area contributed by atoms with Crippen LogP contribution in [0.5, 0.6) is 0 Å². The monoisotopic (exact) mass is 256 g/mol. The van der Waals surface area contributed by atoms with Crippen molar-refractivity contribution in [3.8, 4) is 0 Å². The normalized spacial score (nSPS) is 35.9. The molecule has 1 saturated carbocycles. The number of hydrogen-bond donors (Lipinski definition) is 1. The van der Waals surface area contributed by atoms with Crippen LogP contribution in [0.3, 0.4) is 0 Å². The van der Waals surface area contributed by atoms with E-state index in [2.05, 4.69) is 37.1 Å². The zero-order chi connectivity index (χ0) is 12.5. The Bertz CT molecular complexity index is 286. The molecule has 1 aliphatic heterocycles. The molecule has 2 fully saturated rings. The smallest absolute Gasteiger partial charge is 0.0309 e. The van der Waals surface area contributed by atoms with E-state index >= 15 is 0 Å². The molecule has 98 valence electrons. The van der Waals surface area contributed by atoms with Gasteiger partial charge in [-0.1, -0.05) is 31.5 Å². The van der Waals surface area contributed by atoms with Crippen LogP contribution >= 0.6 is 11.6 Å². The summed E-state index contributed by atoms with van der Waals surface area (Å²) in [7, 11) is 0. The quantitative estimate of drug-likeness (QED) is 0.832. The van der Waals surface area contributed by atoms with Crippen molar-refractivity contribution < 1.29 is 0 Å². The average molecular weight is 257 g/mol. The van der Waals surface area contributed by atoms with Gasteiger partial charge in [0.25, 0.3) is 0 Å². The zero-order valence-electron chi connectivity index (χ0n) is 11.2. The third-order valence-electron chi connectivity index (χ3n) is 4.39. The highest BCUT2D eigenvalue weighted by Crippen LogP contribution is 2.41. The minimum atomic E-state index is 0.325. The molecule has 0 aromatic heterocycles. The molecule has 0 aromatic carbocycles.